The topological polar surface area (TPSA) is 6.48 Å². The quantitative estimate of drug-likeness (QED) is 0.0996. The third-order valence-electron chi connectivity index (χ3n) is 14.7. The van der Waals surface area contributed by atoms with Crippen LogP contribution in [0.5, 0.6) is 0 Å². The van der Waals surface area contributed by atoms with Gasteiger partial charge >= 0.3 is 0 Å². The molecular weight excluding hydrogens is 841 g/mol. The van der Waals surface area contributed by atoms with Gasteiger partial charge in [-0.15, -0.1) is 0 Å². The predicted octanol–water partition coefficient (Wildman–Crippen LogP) is 17.7. The van der Waals surface area contributed by atoms with Crippen LogP contribution in [0, 0.1) is 0 Å². The van der Waals surface area contributed by atoms with Gasteiger partial charge in [-0.25, -0.2) is 0 Å². The normalized spacial score (nSPS) is 13.5. The fourth-order valence-electron chi connectivity index (χ4n) is 10.8. The maximum Gasteiger partial charge on any atom is 0.0775 e. The minimum atomic E-state index is -1.47. The zero-order valence-electron chi connectivity index (χ0n) is 41.7. The SMILES string of the molecule is CC(C)c1ccc(N(c2ccc([Si](C)(C)C)cc2)c2ccc3c4c(ccc3c2)-c2c(c3ccc(N(c5ccc(C(C)C)cc5)c5ccc([Si](C)(C)C)cc5)cc3c3ccccc23)C4(C)C)cc1. The van der Waals surface area contributed by atoms with Crippen molar-refractivity contribution in [3.05, 3.63) is 192 Å². The largest absolute Gasteiger partial charge is 0.310 e. The van der Waals surface area contributed by atoms with E-state index in [9.17, 15) is 0 Å². The Kier molecular flexibility index (Phi) is 11.0. The molecule has 4 heteroatoms. The highest BCUT2D eigenvalue weighted by atomic mass is 28.3. The summed E-state index contributed by atoms with van der Waals surface area (Å²) >= 11 is 0. The Labute approximate surface area is 402 Å². The smallest absolute Gasteiger partial charge is 0.0775 e. The Morgan fingerprint density at radius 1 is 0.373 bits per heavy atom. The summed E-state index contributed by atoms with van der Waals surface area (Å²) in [5.41, 5.74) is 15.0. The number of hydrogen-bond donors (Lipinski definition) is 0. The summed E-state index contributed by atoms with van der Waals surface area (Å²) in [5, 5.41) is 10.7. The molecule has 10 rings (SSSR count). The van der Waals surface area contributed by atoms with E-state index in [2.05, 4.69) is 260 Å². The summed E-state index contributed by atoms with van der Waals surface area (Å²) in [4.78, 5) is 4.89. The molecule has 0 saturated carbocycles. The van der Waals surface area contributed by atoms with Crippen LogP contribution >= 0.6 is 0 Å². The van der Waals surface area contributed by atoms with Gasteiger partial charge in [0, 0.05) is 39.5 Å². The first-order chi connectivity index (χ1) is 31.9. The van der Waals surface area contributed by atoms with Crippen LogP contribution in [0.2, 0.25) is 39.3 Å². The van der Waals surface area contributed by atoms with Crippen LogP contribution in [0.1, 0.15) is 75.6 Å². The van der Waals surface area contributed by atoms with Crippen molar-refractivity contribution in [2.75, 3.05) is 9.80 Å². The first kappa shape index (κ1) is 44.6. The lowest BCUT2D eigenvalue weighted by atomic mass is 9.77. The molecule has 67 heavy (non-hydrogen) atoms. The monoisotopic (exact) mass is 906 g/mol. The Balaban J connectivity index is 1.12. The average Bonchev–Trinajstić information content (AvgIpc) is 3.56. The number of nitrogens with zero attached hydrogens (tertiary/aromatic N) is 2. The molecule has 0 atom stereocenters. The van der Waals surface area contributed by atoms with E-state index >= 15 is 0 Å². The minimum Gasteiger partial charge on any atom is -0.310 e. The molecule has 0 saturated heterocycles. The lowest BCUT2D eigenvalue weighted by Gasteiger charge is -2.29. The summed E-state index contributed by atoms with van der Waals surface area (Å²) in [6, 6.07) is 65.4. The molecule has 1 aliphatic carbocycles. The number of benzene rings is 9. The molecule has 0 aromatic heterocycles. The average molecular weight is 907 g/mol. The summed E-state index contributed by atoms with van der Waals surface area (Å²) in [7, 11) is -2.93. The van der Waals surface area contributed by atoms with E-state index in [0.29, 0.717) is 11.8 Å². The van der Waals surface area contributed by atoms with Crippen LogP contribution in [-0.2, 0) is 5.41 Å². The molecule has 0 heterocycles. The van der Waals surface area contributed by atoms with Crippen LogP contribution in [-0.4, -0.2) is 16.1 Å². The summed E-state index contributed by atoms with van der Waals surface area (Å²) < 4.78 is 0. The van der Waals surface area contributed by atoms with Crippen LogP contribution in [0.4, 0.5) is 34.1 Å². The highest BCUT2D eigenvalue weighted by Gasteiger charge is 2.40. The van der Waals surface area contributed by atoms with Gasteiger partial charge in [-0.3, -0.25) is 0 Å². The van der Waals surface area contributed by atoms with E-state index in [4.69, 9.17) is 0 Å². The van der Waals surface area contributed by atoms with Gasteiger partial charge in [-0.05, 0) is 150 Å². The van der Waals surface area contributed by atoms with Crippen molar-refractivity contribution >= 4 is 93.0 Å². The molecule has 0 bridgehead atoms. The predicted molar refractivity (Wildman–Crippen MR) is 300 cm³/mol. The van der Waals surface area contributed by atoms with E-state index in [1.807, 2.05) is 0 Å². The van der Waals surface area contributed by atoms with Gasteiger partial charge in [-0.2, -0.15) is 0 Å². The molecule has 2 nitrogen and oxygen atoms in total. The summed E-state index contributed by atoms with van der Waals surface area (Å²) in [6.07, 6.45) is 0. The lowest BCUT2D eigenvalue weighted by molar-refractivity contribution is 0.672. The second-order valence-corrected chi connectivity index (χ2v) is 32.5. The molecule has 9 aromatic rings. The number of rotatable bonds is 10. The molecule has 0 N–H and O–H groups in total. The molecule has 336 valence electrons. The van der Waals surface area contributed by atoms with Crippen molar-refractivity contribution in [1.29, 1.82) is 0 Å². The van der Waals surface area contributed by atoms with Crippen LogP contribution in [0.15, 0.2) is 170 Å². The molecule has 0 aliphatic heterocycles. The Hall–Kier alpha value is -6.21. The van der Waals surface area contributed by atoms with Crippen molar-refractivity contribution < 1.29 is 0 Å². The second-order valence-electron chi connectivity index (χ2n) is 22.3. The molecular formula is C63H66N2Si2. The van der Waals surface area contributed by atoms with Crippen LogP contribution in [0.25, 0.3) is 43.4 Å². The van der Waals surface area contributed by atoms with Crippen molar-refractivity contribution in [3.63, 3.8) is 0 Å². The van der Waals surface area contributed by atoms with Gasteiger partial charge in [0.25, 0.3) is 0 Å². The fraction of sp³-hybridized carbons (Fsp3) is 0.238. The second kappa shape index (κ2) is 16.5. The Morgan fingerprint density at radius 2 is 0.791 bits per heavy atom. The van der Waals surface area contributed by atoms with Crippen molar-refractivity contribution in [3.8, 4) is 11.1 Å². The minimum absolute atomic E-state index is 0.256. The van der Waals surface area contributed by atoms with E-state index in [1.54, 1.807) is 0 Å². The standard InChI is InChI=1S/C63H66N2Si2/c1-41(2)43-17-22-46(23-18-43)64(48-26-32-52(33-27-48)66(7,8)9)50-30-37-54-45(39-50)21-36-58-60-56-16-14-13-15-55(56)59-40-51(31-38-57(59)62(60)63(5,6)61(54)58)65(47-24-19-44(20-25-47)42(3)4)49-28-34-53(35-29-49)67(10,11)12/h13-42H,1-12H3. The first-order valence-electron chi connectivity index (χ1n) is 24.5. The highest BCUT2D eigenvalue weighted by molar-refractivity contribution is 6.89. The van der Waals surface area contributed by atoms with E-state index in [0.717, 1.165) is 0 Å². The number of hydrogen-bond acceptors (Lipinski definition) is 2. The molecule has 0 unspecified atom stereocenters. The Bertz CT molecular complexity index is 3310. The summed E-state index contributed by atoms with van der Waals surface area (Å²) in [6.45, 7) is 28.5. The van der Waals surface area contributed by atoms with Gasteiger partial charge in [0.05, 0.1) is 16.1 Å². The van der Waals surface area contributed by atoms with E-state index < -0.39 is 16.1 Å². The third-order valence-corrected chi connectivity index (χ3v) is 18.8. The van der Waals surface area contributed by atoms with Crippen LogP contribution in [0.3, 0.4) is 0 Å². The first-order valence-corrected chi connectivity index (χ1v) is 31.5. The number of anilines is 6. The molecule has 9 aromatic carbocycles. The number of fused-ring (bicyclic) bond motifs is 10. The molecule has 0 spiro atoms. The molecule has 0 amide bonds. The van der Waals surface area contributed by atoms with Crippen molar-refractivity contribution in [1.82, 2.24) is 0 Å². The van der Waals surface area contributed by atoms with Crippen molar-refractivity contribution in [2.24, 2.45) is 0 Å². The van der Waals surface area contributed by atoms with E-state index in [1.165, 1.54) is 110 Å². The zero-order chi connectivity index (χ0) is 47.2. The van der Waals surface area contributed by atoms with Gasteiger partial charge < -0.3 is 9.80 Å². The molecule has 0 radical (unpaired) electrons. The maximum atomic E-state index is 2.46. The summed E-state index contributed by atoms with van der Waals surface area (Å²) in [5.74, 6) is 0.948. The Morgan fingerprint density at radius 3 is 1.25 bits per heavy atom. The fourth-order valence-corrected chi connectivity index (χ4v) is 13.2. The lowest BCUT2D eigenvalue weighted by Crippen LogP contribution is -2.37. The molecule has 1 aliphatic rings. The third kappa shape index (κ3) is 7.82. The van der Waals surface area contributed by atoms with Gasteiger partial charge in [0.15, 0.2) is 0 Å². The van der Waals surface area contributed by atoms with Crippen LogP contribution < -0.4 is 20.2 Å². The maximum absolute atomic E-state index is 2.46. The van der Waals surface area contributed by atoms with Crippen molar-refractivity contribution in [2.45, 2.75) is 98.1 Å². The van der Waals surface area contributed by atoms with Gasteiger partial charge in [0.2, 0.25) is 0 Å². The zero-order valence-corrected chi connectivity index (χ0v) is 43.7. The molecule has 0 fully saturated rings. The van der Waals surface area contributed by atoms with Gasteiger partial charge in [0.1, 0.15) is 0 Å². The highest BCUT2D eigenvalue weighted by Crippen LogP contribution is 2.57. The van der Waals surface area contributed by atoms with Gasteiger partial charge in [-0.1, -0.05) is 188 Å². The van der Waals surface area contributed by atoms with E-state index in [-0.39, 0.29) is 5.41 Å².